The van der Waals surface area contributed by atoms with Crippen molar-refractivity contribution in [3.63, 3.8) is 0 Å². The van der Waals surface area contributed by atoms with Crippen LogP contribution in [0.1, 0.15) is 32.8 Å². The predicted octanol–water partition coefficient (Wildman–Crippen LogP) is 1.28. The monoisotopic (exact) mass is 331 g/mol. The highest BCUT2D eigenvalue weighted by Gasteiger charge is 2.45. The minimum Gasteiger partial charge on any atom is -0.350 e. The average Bonchev–Trinajstić information content (AvgIpc) is 2.73. The molecule has 1 heterocycles. The quantitative estimate of drug-likeness (QED) is 0.628. The molecule has 0 atom stereocenters. The first-order valence-corrected chi connectivity index (χ1v) is 7.77. The number of rotatable bonds is 6. The van der Waals surface area contributed by atoms with Crippen molar-refractivity contribution in [3.8, 4) is 0 Å². The molecule has 24 heavy (non-hydrogen) atoms. The molecule has 0 aromatic heterocycles. The topological polar surface area (TPSA) is 86.8 Å². The summed E-state index contributed by atoms with van der Waals surface area (Å²) >= 11 is 0. The summed E-state index contributed by atoms with van der Waals surface area (Å²) in [5.41, 5.74) is 0.279. The first kappa shape index (κ1) is 17.7. The molecule has 1 saturated heterocycles. The van der Waals surface area contributed by atoms with Crippen LogP contribution in [0.3, 0.4) is 0 Å². The Balaban J connectivity index is 2.07. The van der Waals surface area contributed by atoms with Crippen LogP contribution in [0.4, 0.5) is 4.79 Å². The van der Waals surface area contributed by atoms with Crippen LogP contribution in [-0.4, -0.2) is 45.6 Å². The van der Waals surface area contributed by atoms with Crippen molar-refractivity contribution in [1.82, 2.24) is 15.1 Å². The number of nitrogens with zero attached hydrogens (tertiary/aromatic N) is 2. The Morgan fingerprint density at radius 2 is 1.62 bits per heavy atom. The Morgan fingerprint density at radius 1 is 1.04 bits per heavy atom. The summed E-state index contributed by atoms with van der Waals surface area (Å²) in [5.74, 6) is -2.36. The predicted molar refractivity (Wildman–Crippen MR) is 86.6 cm³/mol. The summed E-state index contributed by atoms with van der Waals surface area (Å²) in [6.07, 6.45) is 0.694. The molecular weight excluding hydrogens is 310 g/mol. The van der Waals surface area contributed by atoms with Gasteiger partial charge in [-0.1, -0.05) is 37.3 Å². The first-order valence-electron chi connectivity index (χ1n) is 7.77. The minimum absolute atomic E-state index is 0.00280. The van der Waals surface area contributed by atoms with E-state index >= 15 is 0 Å². The number of nitrogens with one attached hydrogen (secondary N) is 1. The van der Waals surface area contributed by atoms with E-state index in [1.807, 2.05) is 26.8 Å². The summed E-state index contributed by atoms with van der Waals surface area (Å²) in [6.45, 7) is 5.13. The number of carbonyl (C=O) groups excluding carboxylic acids is 4. The van der Waals surface area contributed by atoms with Crippen LogP contribution in [0.2, 0.25) is 0 Å². The van der Waals surface area contributed by atoms with E-state index in [4.69, 9.17) is 0 Å². The summed E-state index contributed by atoms with van der Waals surface area (Å²) < 4.78 is 0. The van der Waals surface area contributed by atoms with Crippen LogP contribution in [0, 0.1) is 0 Å². The minimum atomic E-state index is -0.972. The fourth-order valence-corrected chi connectivity index (χ4v) is 2.24. The normalized spacial score (nSPS) is 15.2. The molecule has 1 N–H and O–H groups in total. The second-order valence-electron chi connectivity index (χ2n) is 6.34. The highest BCUT2D eigenvalue weighted by molar-refractivity contribution is 6.44. The van der Waals surface area contributed by atoms with E-state index < -0.39 is 35.8 Å². The molecule has 0 aliphatic carbocycles. The molecule has 0 saturated carbocycles. The molecule has 1 aromatic carbocycles. The average molecular weight is 331 g/mol. The third kappa shape index (κ3) is 3.79. The zero-order chi connectivity index (χ0) is 17.9. The molecule has 7 nitrogen and oxygen atoms in total. The van der Waals surface area contributed by atoms with Gasteiger partial charge in [0.15, 0.2) is 0 Å². The molecule has 5 amide bonds. The number of imide groups is 2. The van der Waals surface area contributed by atoms with E-state index in [0.29, 0.717) is 11.3 Å². The van der Waals surface area contributed by atoms with Crippen molar-refractivity contribution < 1.29 is 19.2 Å². The first-order chi connectivity index (χ1) is 11.2. The van der Waals surface area contributed by atoms with Gasteiger partial charge in [0.2, 0.25) is 5.91 Å². The summed E-state index contributed by atoms with van der Waals surface area (Å²) in [4.78, 5) is 50.0. The number of hydrogen-bond donors (Lipinski definition) is 1. The van der Waals surface area contributed by atoms with Gasteiger partial charge >= 0.3 is 17.8 Å². The highest BCUT2D eigenvalue weighted by Crippen LogP contribution is 2.16. The van der Waals surface area contributed by atoms with Gasteiger partial charge in [-0.05, 0) is 25.8 Å². The van der Waals surface area contributed by atoms with Gasteiger partial charge < -0.3 is 5.32 Å². The van der Waals surface area contributed by atoms with Gasteiger partial charge in [0.25, 0.3) is 0 Å². The molecule has 1 aliphatic heterocycles. The second-order valence-corrected chi connectivity index (χ2v) is 6.34. The van der Waals surface area contributed by atoms with Crippen molar-refractivity contribution in [3.05, 3.63) is 35.9 Å². The lowest BCUT2D eigenvalue weighted by atomic mass is 10.0. The largest absolute Gasteiger partial charge is 0.350 e. The van der Waals surface area contributed by atoms with Crippen molar-refractivity contribution in [1.29, 1.82) is 0 Å². The lowest BCUT2D eigenvalue weighted by molar-refractivity contribution is -0.144. The van der Waals surface area contributed by atoms with Crippen LogP contribution < -0.4 is 5.32 Å². The number of benzene rings is 1. The second kappa shape index (κ2) is 6.82. The maximum Gasteiger partial charge on any atom is 0.335 e. The number of carbonyl (C=O) groups is 4. The maximum absolute atomic E-state index is 12.3. The van der Waals surface area contributed by atoms with Gasteiger partial charge in [-0.25, -0.2) is 9.69 Å². The van der Waals surface area contributed by atoms with Crippen molar-refractivity contribution in [2.24, 2.45) is 0 Å². The molecule has 0 unspecified atom stereocenters. The van der Waals surface area contributed by atoms with E-state index in [0.717, 1.165) is 10.5 Å². The van der Waals surface area contributed by atoms with Crippen LogP contribution in [-0.2, 0) is 20.9 Å². The third-order valence-corrected chi connectivity index (χ3v) is 3.98. The van der Waals surface area contributed by atoms with Crippen molar-refractivity contribution in [2.45, 2.75) is 39.3 Å². The molecule has 1 fully saturated rings. The highest BCUT2D eigenvalue weighted by atomic mass is 16.2. The van der Waals surface area contributed by atoms with Gasteiger partial charge in [0.05, 0.1) is 6.54 Å². The fourth-order valence-electron chi connectivity index (χ4n) is 2.24. The lowest BCUT2D eigenvalue weighted by Crippen LogP contribution is -2.48. The molecule has 0 spiro atoms. The molecule has 0 radical (unpaired) electrons. The molecule has 0 bridgehead atoms. The molecule has 2 rings (SSSR count). The van der Waals surface area contributed by atoms with Gasteiger partial charge in [-0.2, -0.15) is 0 Å². The molecule has 1 aliphatic rings. The molecule has 128 valence electrons. The number of amides is 5. The lowest BCUT2D eigenvalue weighted by Gasteiger charge is -2.25. The zero-order valence-corrected chi connectivity index (χ0v) is 14.0. The zero-order valence-electron chi connectivity index (χ0n) is 14.0. The van der Waals surface area contributed by atoms with Crippen LogP contribution in [0.25, 0.3) is 0 Å². The Labute approximate surface area is 140 Å². The third-order valence-electron chi connectivity index (χ3n) is 3.98. The molecule has 1 aromatic rings. The summed E-state index contributed by atoms with van der Waals surface area (Å²) in [5, 5.41) is 2.74. The van der Waals surface area contributed by atoms with Gasteiger partial charge in [-0.15, -0.1) is 0 Å². The van der Waals surface area contributed by atoms with Crippen molar-refractivity contribution >= 4 is 23.8 Å². The van der Waals surface area contributed by atoms with E-state index in [9.17, 15) is 19.2 Å². The Hall–Kier alpha value is -2.70. The van der Waals surface area contributed by atoms with Gasteiger partial charge in [0.1, 0.15) is 6.54 Å². The SMILES string of the molecule is CCC(C)(C)NC(=O)CN1C(=O)C(=O)N(Cc2ccccc2)C1=O. The Kier molecular flexibility index (Phi) is 5.02. The molecule has 7 heteroatoms. The van der Waals surface area contributed by atoms with Crippen LogP contribution >= 0.6 is 0 Å². The maximum atomic E-state index is 12.3. The fraction of sp³-hybridized carbons (Fsp3) is 0.412. The van der Waals surface area contributed by atoms with E-state index in [1.54, 1.807) is 24.3 Å². The smallest absolute Gasteiger partial charge is 0.335 e. The summed E-state index contributed by atoms with van der Waals surface area (Å²) in [6, 6.07) is 8.11. The van der Waals surface area contributed by atoms with Crippen molar-refractivity contribution in [2.75, 3.05) is 6.54 Å². The Bertz CT molecular complexity index is 670. The van der Waals surface area contributed by atoms with Crippen LogP contribution in [0.5, 0.6) is 0 Å². The van der Waals surface area contributed by atoms with Gasteiger partial charge in [-0.3, -0.25) is 19.3 Å². The molecular formula is C17H21N3O4. The number of hydrogen-bond acceptors (Lipinski definition) is 4. The Morgan fingerprint density at radius 3 is 2.21 bits per heavy atom. The summed E-state index contributed by atoms with van der Waals surface area (Å²) in [7, 11) is 0. The standard InChI is InChI=1S/C17H21N3O4/c1-4-17(2,3)18-13(21)11-20-15(23)14(22)19(16(20)24)10-12-8-6-5-7-9-12/h5-9H,4,10-11H2,1-3H3,(H,18,21). The number of urea groups is 1. The van der Waals surface area contributed by atoms with E-state index in [-0.39, 0.29) is 6.54 Å². The van der Waals surface area contributed by atoms with Crippen LogP contribution in [0.15, 0.2) is 30.3 Å². The van der Waals surface area contributed by atoms with E-state index in [2.05, 4.69) is 5.32 Å². The van der Waals surface area contributed by atoms with E-state index in [1.165, 1.54) is 0 Å². The van der Waals surface area contributed by atoms with Gasteiger partial charge in [0, 0.05) is 5.54 Å².